The zero-order chi connectivity index (χ0) is 29.0. The topological polar surface area (TPSA) is 18.1 Å². The summed E-state index contributed by atoms with van der Waals surface area (Å²) in [5.74, 6) is 0. The van der Waals surface area contributed by atoms with Crippen molar-refractivity contribution in [3.05, 3.63) is 164 Å². The molecule has 2 heterocycles. The van der Waals surface area contributed by atoms with Gasteiger partial charge in [0.25, 0.3) is 0 Å². The molecule has 0 radical (unpaired) electrons. The Kier molecular flexibility index (Phi) is 5.54. The molecule has 9 rings (SSSR count). The van der Waals surface area contributed by atoms with Crippen molar-refractivity contribution in [2.45, 2.75) is 0 Å². The van der Waals surface area contributed by atoms with E-state index in [0.29, 0.717) is 0 Å². The number of nitrogens with zero attached hydrogens (tertiary/aromatic N) is 1. The molecular formula is C42H27NO. The van der Waals surface area contributed by atoms with E-state index in [-0.39, 0.29) is 0 Å². The summed E-state index contributed by atoms with van der Waals surface area (Å²) < 4.78 is 8.56. The molecular weight excluding hydrogens is 534 g/mol. The lowest BCUT2D eigenvalue weighted by Gasteiger charge is -2.13. The van der Waals surface area contributed by atoms with Crippen molar-refractivity contribution in [3.63, 3.8) is 0 Å². The molecule has 0 atom stereocenters. The lowest BCUT2D eigenvalue weighted by Crippen LogP contribution is -1.95. The predicted octanol–water partition coefficient (Wildman–Crippen LogP) is 11.7. The van der Waals surface area contributed by atoms with Gasteiger partial charge in [0.05, 0.1) is 11.0 Å². The van der Waals surface area contributed by atoms with E-state index >= 15 is 0 Å². The lowest BCUT2D eigenvalue weighted by atomic mass is 9.95. The molecule has 0 saturated heterocycles. The Morgan fingerprint density at radius 1 is 0.364 bits per heavy atom. The van der Waals surface area contributed by atoms with Gasteiger partial charge in [-0.15, -0.1) is 0 Å². The van der Waals surface area contributed by atoms with E-state index in [9.17, 15) is 0 Å². The summed E-state index contributed by atoms with van der Waals surface area (Å²) in [4.78, 5) is 0. The molecule has 9 aromatic rings. The molecule has 0 aliphatic heterocycles. The molecule has 44 heavy (non-hydrogen) atoms. The second kappa shape index (κ2) is 9.86. The quantitative estimate of drug-likeness (QED) is 0.209. The third-order valence-corrected chi connectivity index (χ3v) is 8.78. The minimum atomic E-state index is 0.914. The molecule has 0 amide bonds. The lowest BCUT2D eigenvalue weighted by molar-refractivity contribution is 0.669. The van der Waals surface area contributed by atoms with Crippen molar-refractivity contribution in [2.75, 3.05) is 0 Å². The highest BCUT2D eigenvalue weighted by molar-refractivity contribution is 6.16. The van der Waals surface area contributed by atoms with Crippen molar-refractivity contribution in [3.8, 4) is 39.1 Å². The Morgan fingerprint density at radius 3 is 1.73 bits per heavy atom. The van der Waals surface area contributed by atoms with E-state index < -0.39 is 0 Å². The number of fused-ring (bicyclic) bond motifs is 6. The Bertz CT molecular complexity index is 2470. The molecule has 0 aliphatic carbocycles. The standard InChI is InChI=1S/C42H27NO/c1-4-12-28(13-5-1)32-26-35(29-14-6-2-7-15-29)42-38(27-32)36-24-30(20-22-39(36)43(42)33-16-8-3-9-17-33)31-21-23-41-37(25-31)34-18-10-11-19-40(34)44-41/h1-27H. The van der Waals surface area contributed by atoms with Gasteiger partial charge in [-0.3, -0.25) is 0 Å². The average Bonchev–Trinajstić information content (AvgIpc) is 3.64. The zero-order valence-electron chi connectivity index (χ0n) is 23.9. The van der Waals surface area contributed by atoms with Crippen LogP contribution >= 0.6 is 0 Å². The van der Waals surface area contributed by atoms with E-state index in [1.165, 1.54) is 55.2 Å². The van der Waals surface area contributed by atoms with Gasteiger partial charge in [-0.25, -0.2) is 0 Å². The SMILES string of the molecule is c1ccc(-c2cc(-c3ccccc3)c3c(c2)c2cc(-c4ccc5oc6ccccc6c5c4)ccc2n3-c2ccccc2)cc1. The molecule has 0 bridgehead atoms. The van der Waals surface area contributed by atoms with Gasteiger partial charge < -0.3 is 8.98 Å². The molecule has 2 nitrogen and oxygen atoms in total. The van der Waals surface area contributed by atoms with Gasteiger partial charge in [0.15, 0.2) is 0 Å². The maximum Gasteiger partial charge on any atom is 0.135 e. The van der Waals surface area contributed by atoms with Crippen LogP contribution in [-0.4, -0.2) is 4.57 Å². The molecule has 0 N–H and O–H groups in total. The number of rotatable bonds is 4. The van der Waals surface area contributed by atoms with Crippen LogP contribution in [0.15, 0.2) is 168 Å². The first-order chi connectivity index (χ1) is 21.8. The molecule has 2 aromatic heterocycles. The first kappa shape index (κ1) is 24.7. The minimum Gasteiger partial charge on any atom is -0.456 e. The fourth-order valence-corrected chi connectivity index (χ4v) is 6.71. The molecule has 0 spiro atoms. The van der Waals surface area contributed by atoms with E-state index in [2.05, 4.69) is 156 Å². The van der Waals surface area contributed by atoms with Crippen LogP contribution < -0.4 is 0 Å². The van der Waals surface area contributed by atoms with Crippen LogP contribution in [0, 0.1) is 0 Å². The van der Waals surface area contributed by atoms with Crippen molar-refractivity contribution < 1.29 is 4.42 Å². The summed E-state index contributed by atoms with van der Waals surface area (Å²) in [7, 11) is 0. The van der Waals surface area contributed by atoms with E-state index in [4.69, 9.17) is 4.42 Å². The highest BCUT2D eigenvalue weighted by Crippen LogP contribution is 2.42. The third-order valence-electron chi connectivity index (χ3n) is 8.78. The number of benzene rings is 7. The number of aromatic nitrogens is 1. The Balaban J connectivity index is 1.37. The van der Waals surface area contributed by atoms with Crippen molar-refractivity contribution in [2.24, 2.45) is 0 Å². The van der Waals surface area contributed by atoms with Crippen LogP contribution in [0.25, 0.3) is 82.8 Å². The first-order valence-corrected chi connectivity index (χ1v) is 15.0. The van der Waals surface area contributed by atoms with Gasteiger partial charge in [-0.1, -0.05) is 109 Å². The van der Waals surface area contributed by atoms with Crippen molar-refractivity contribution in [1.82, 2.24) is 4.57 Å². The average molecular weight is 562 g/mol. The van der Waals surface area contributed by atoms with Crippen molar-refractivity contribution in [1.29, 1.82) is 0 Å². The first-order valence-electron chi connectivity index (χ1n) is 15.0. The fourth-order valence-electron chi connectivity index (χ4n) is 6.71. The van der Waals surface area contributed by atoms with E-state index in [1.807, 2.05) is 12.1 Å². The summed E-state index contributed by atoms with van der Waals surface area (Å²) in [6.45, 7) is 0. The van der Waals surface area contributed by atoms with E-state index in [0.717, 1.165) is 27.6 Å². The van der Waals surface area contributed by atoms with Gasteiger partial charge in [0, 0.05) is 32.8 Å². The summed E-state index contributed by atoms with van der Waals surface area (Å²) in [5, 5.41) is 4.75. The van der Waals surface area contributed by atoms with Gasteiger partial charge in [0.1, 0.15) is 11.2 Å². The van der Waals surface area contributed by atoms with E-state index in [1.54, 1.807) is 0 Å². The number of para-hydroxylation sites is 2. The van der Waals surface area contributed by atoms with Gasteiger partial charge in [0.2, 0.25) is 0 Å². The molecule has 0 fully saturated rings. The summed E-state index contributed by atoms with van der Waals surface area (Å²) in [6, 6.07) is 58.6. The summed E-state index contributed by atoms with van der Waals surface area (Å²) >= 11 is 0. The van der Waals surface area contributed by atoms with Gasteiger partial charge in [-0.05, 0) is 82.4 Å². The molecule has 206 valence electrons. The molecule has 7 aromatic carbocycles. The monoisotopic (exact) mass is 561 g/mol. The van der Waals surface area contributed by atoms with Gasteiger partial charge in [-0.2, -0.15) is 0 Å². The Morgan fingerprint density at radius 2 is 0.955 bits per heavy atom. The molecule has 2 heteroatoms. The summed E-state index contributed by atoms with van der Waals surface area (Å²) in [5.41, 5.74) is 12.6. The summed E-state index contributed by atoms with van der Waals surface area (Å²) in [6.07, 6.45) is 0. The minimum absolute atomic E-state index is 0.914. The van der Waals surface area contributed by atoms with Crippen LogP contribution in [0.5, 0.6) is 0 Å². The second-order valence-corrected chi connectivity index (χ2v) is 11.4. The smallest absolute Gasteiger partial charge is 0.135 e. The maximum absolute atomic E-state index is 6.13. The normalized spacial score (nSPS) is 11.6. The molecule has 0 unspecified atom stereocenters. The zero-order valence-corrected chi connectivity index (χ0v) is 23.9. The molecule has 0 saturated carbocycles. The van der Waals surface area contributed by atoms with Gasteiger partial charge >= 0.3 is 0 Å². The highest BCUT2D eigenvalue weighted by atomic mass is 16.3. The van der Waals surface area contributed by atoms with Crippen LogP contribution in [0.3, 0.4) is 0 Å². The number of hydrogen-bond donors (Lipinski definition) is 0. The fraction of sp³-hybridized carbons (Fsp3) is 0. The Hall–Kier alpha value is -5.86. The van der Waals surface area contributed by atoms with Crippen molar-refractivity contribution >= 4 is 43.7 Å². The second-order valence-electron chi connectivity index (χ2n) is 11.4. The number of furan rings is 1. The molecule has 0 aliphatic rings. The highest BCUT2D eigenvalue weighted by Gasteiger charge is 2.19. The number of hydrogen-bond acceptors (Lipinski definition) is 1. The van der Waals surface area contributed by atoms with Crippen LogP contribution in [0.2, 0.25) is 0 Å². The van der Waals surface area contributed by atoms with Crippen LogP contribution in [0.1, 0.15) is 0 Å². The predicted molar refractivity (Wildman–Crippen MR) is 184 cm³/mol. The maximum atomic E-state index is 6.13. The largest absolute Gasteiger partial charge is 0.456 e. The Labute approximate surface area is 255 Å². The van der Waals surface area contributed by atoms with Crippen LogP contribution in [0.4, 0.5) is 0 Å². The van der Waals surface area contributed by atoms with Crippen LogP contribution in [-0.2, 0) is 0 Å². The third kappa shape index (κ3) is 3.89.